The zero-order valence-corrected chi connectivity index (χ0v) is 16.3. The zero-order valence-electron chi connectivity index (χ0n) is 16.3. The summed E-state index contributed by atoms with van der Waals surface area (Å²) in [6.07, 6.45) is 0. The van der Waals surface area contributed by atoms with Crippen LogP contribution in [0.4, 0.5) is 0 Å². The lowest BCUT2D eigenvalue weighted by Gasteiger charge is -2.38. The number of benzene rings is 2. The first-order valence-electron chi connectivity index (χ1n) is 9.34. The topological polar surface area (TPSA) is 43.9 Å². The highest BCUT2D eigenvalue weighted by Gasteiger charge is 2.31. The number of nitrogens with zero attached hydrogens (tertiary/aromatic N) is 3. The minimum absolute atomic E-state index is 0.0331. The summed E-state index contributed by atoms with van der Waals surface area (Å²) in [7, 11) is 3.87. The Labute approximate surface area is 161 Å². The summed E-state index contributed by atoms with van der Waals surface area (Å²) in [4.78, 5) is 31.5. The molecule has 2 amide bonds. The average molecular weight is 365 g/mol. The van der Waals surface area contributed by atoms with E-state index in [2.05, 4.69) is 0 Å². The predicted molar refractivity (Wildman–Crippen MR) is 107 cm³/mol. The molecule has 0 N–H and O–H groups in total. The van der Waals surface area contributed by atoms with Crippen LogP contribution in [0.2, 0.25) is 0 Å². The second-order valence-corrected chi connectivity index (χ2v) is 7.21. The lowest BCUT2D eigenvalue weighted by atomic mass is 9.99. The van der Waals surface area contributed by atoms with Gasteiger partial charge < -0.3 is 9.80 Å². The van der Waals surface area contributed by atoms with Crippen LogP contribution in [0.25, 0.3) is 0 Å². The van der Waals surface area contributed by atoms with E-state index in [0.29, 0.717) is 31.7 Å². The van der Waals surface area contributed by atoms with Gasteiger partial charge in [0.05, 0.1) is 0 Å². The fraction of sp³-hybridized carbons (Fsp3) is 0.364. The van der Waals surface area contributed by atoms with Gasteiger partial charge in [0.15, 0.2) is 0 Å². The molecule has 2 aromatic carbocycles. The second-order valence-electron chi connectivity index (χ2n) is 7.21. The van der Waals surface area contributed by atoms with Crippen molar-refractivity contribution in [3.05, 3.63) is 71.3 Å². The van der Waals surface area contributed by atoms with E-state index in [4.69, 9.17) is 0 Å². The molecule has 3 rings (SSSR count). The average Bonchev–Trinajstić information content (AvgIpc) is 2.69. The summed E-state index contributed by atoms with van der Waals surface area (Å²) in [5.74, 6) is 0.131. The first kappa shape index (κ1) is 19.1. The summed E-state index contributed by atoms with van der Waals surface area (Å²) in [6.45, 7) is 4.29. The van der Waals surface area contributed by atoms with Crippen LogP contribution >= 0.6 is 0 Å². The maximum absolute atomic E-state index is 13.2. The van der Waals surface area contributed by atoms with E-state index in [9.17, 15) is 9.59 Å². The van der Waals surface area contributed by atoms with Gasteiger partial charge in [-0.05, 0) is 44.3 Å². The fourth-order valence-corrected chi connectivity index (χ4v) is 3.59. The Balaban J connectivity index is 1.68. The van der Waals surface area contributed by atoms with E-state index < -0.39 is 0 Å². The van der Waals surface area contributed by atoms with Crippen LogP contribution in [0, 0.1) is 6.92 Å². The fourth-order valence-electron chi connectivity index (χ4n) is 3.59. The van der Waals surface area contributed by atoms with Gasteiger partial charge >= 0.3 is 0 Å². The first-order chi connectivity index (χ1) is 13.0. The van der Waals surface area contributed by atoms with Crippen LogP contribution < -0.4 is 0 Å². The molecule has 1 aliphatic heterocycles. The molecule has 5 heteroatoms. The number of likely N-dealkylation sites (N-methyl/N-ethyl adjacent to an activating group) is 1. The Morgan fingerprint density at radius 1 is 0.852 bits per heavy atom. The molecule has 2 aromatic rings. The van der Waals surface area contributed by atoms with Crippen molar-refractivity contribution in [2.24, 2.45) is 0 Å². The normalized spacial score (nSPS) is 15.7. The maximum Gasteiger partial charge on any atom is 0.253 e. The molecule has 0 saturated carbocycles. The van der Waals surface area contributed by atoms with Gasteiger partial charge in [0.2, 0.25) is 5.91 Å². The molecular formula is C22H27N3O2. The Morgan fingerprint density at radius 3 is 2.00 bits per heavy atom. The molecule has 0 aromatic heterocycles. The lowest BCUT2D eigenvalue weighted by molar-refractivity contribution is -0.137. The molecule has 0 spiro atoms. The molecule has 1 aliphatic rings. The standard InChI is InChI=1S/C22H27N3O2/c1-17-9-7-8-12-19(17)20(23(2)3)22(27)25-15-13-24(14-16-25)21(26)18-10-5-4-6-11-18/h4-12,20H,13-16H2,1-3H3. The van der Waals surface area contributed by atoms with Crippen molar-refractivity contribution in [3.8, 4) is 0 Å². The smallest absolute Gasteiger partial charge is 0.253 e. The van der Waals surface area contributed by atoms with Gasteiger partial charge in [0.25, 0.3) is 5.91 Å². The van der Waals surface area contributed by atoms with Gasteiger partial charge in [-0.2, -0.15) is 0 Å². The highest BCUT2D eigenvalue weighted by molar-refractivity contribution is 5.94. The van der Waals surface area contributed by atoms with Crippen molar-refractivity contribution in [1.82, 2.24) is 14.7 Å². The minimum Gasteiger partial charge on any atom is -0.337 e. The lowest BCUT2D eigenvalue weighted by Crippen LogP contribution is -2.52. The number of hydrogen-bond acceptors (Lipinski definition) is 3. The molecule has 27 heavy (non-hydrogen) atoms. The number of rotatable bonds is 4. The van der Waals surface area contributed by atoms with Crippen molar-refractivity contribution in [1.29, 1.82) is 0 Å². The summed E-state index contributed by atoms with van der Waals surface area (Å²) in [5.41, 5.74) is 2.85. The molecule has 5 nitrogen and oxygen atoms in total. The second kappa shape index (κ2) is 8.35. The highest BCUT2D eigenvalue weighted by atomic mass is 16.2. The SMILES string of the molecule is Cc1ccccc1C(C(=O)N1CCN(C(=O)c2ccccc2)CC1)N(C)C. The van der Waals surface area contributed by atoms with E-state index >= 15 is 0 Å². The Bertz CT molecular complexity index is 796. The van der Waals surface area contributed by atoms with Gasteiger partial charge in [0.1, 0.15) is 6.04 Å². The third-order valence-electron chi connectivity index (χ3n) is 5.13. The Morgan fingerprint density at radius 2 is 1.41 bits per heavy atom. The number of amides is 2. The van der Waals surface area contributed by atoms with E-state index in [1.54, 1.807) is 0 Å². The Hall–Kier alpha value is -2.66. The molecule has 1 heterocycles. The molecule has 142 valence electrons. The summed E-state index contributed by atoms with van der Waals surface area (Å²) >= 11 is 0. The number of carbonyl (C=O) groups excluding carboxylic acids is 2. The molecule has 1 atom stereocenters. The number of piperazine rings is 1. The van der Waals surface area contributed by atoms with Crippen molar-refractivity contribution in [2.75, 3.05) is 40.3 Å². The molecule has 1 saturated heterocycles. The number of hydrogen-bond donors (Lipinski definition) is 0. The van der Waals surface area contributed by atoms with Gasteiger partial charge in [-0.25, -0.2) is 0 Å². The zero-order chi connectivity index (χ0) is 19.4. The van der Waals surface area contributed by atoms with Gasteiger partial charge in [-0.15, -0.1) is 0 Å². The van der Waals surface area contributed by atoms with Crippen molar-refractivity contribution >= 4 is 11.8 Å². The molecule has 0 aliphatic carbocycles. The molecule has 1 unspecified atom stereocenters. The number of aryl methyl sites for hydroxylation is 1. The van der Waals surface area contributed by atoms with Crippen LogP contribution in [-0.2, 0) is 4.79 Å². The molecule has 0 bridgehead atoms. The van der Waals surface area contributed by atoms with Crippen LogP contribution in [0.1, 0.15) is 27.5 Å². The van der Waals surface area contributed by atoms with Gasteiger partial charge in [-0.3, -0.25) is 14.5 Å². The predicted octanol–water partition coefficient (Wildman–Crippen LogP) is 2.58. The maximum atomic E-state index is 13.2. The number of carbonyl (C=O) groups is 2. The van der Waals surface area contributed by atoms with Crippen molar-refractivity contribution in [2.45, 2.75) is 13.0 Å². The van der Waals surface area contributed by atoms with E-state index in [0.717, 1.165) is 11.1 Å². The van der Waals surface area contributed by atoms with Crippen molar-refractivity contribution < 1.29 is 9.59 Å². The van der Waals surface area contributed by atoms with Crippen LogP contribution in [-0.4, -0.2) is 66.8 Å². The molecule has 0 radical (unpaired) electrons. The van der Waals surface area contributed by atoms with Crippen molar-refractivity contribution in [3.63, 3.8) is 0 Å². The van der Waals surface area contributed by atoms with Gasteiger partial charge in [-0.1, -0.05) is 42.5 Å². The summed E-state index contributed by atoms with van der Waals surface area (Å²) < 4.78 is 0. The van der Waals surface area contributed by atoms with E-state index in [1.807, 2.05) is 90.3 Å². The summed E-state index contributed by atoms with van der Waals surface area (Å²) in [5, 5.41) is 0. The molecular weight excluding hydrogens is 338 g/mol. The highest BCUT2D eigenvalue weighted by Crippen LogP contribution is 2.25. The Kier molecular flexibility index (Phi) is 5.91. The minimum atomic E-state index is -0.303. The first-order valence-corrected chi connectivity index (χ1v) is 9.34. The van der Waals surface area contributed by atoms with Crippen LogP contribution in [0.5, 0.6) is 0 Å². The molecule has 1 fully saturated rings. The van der Waals surface area contributed by atoms with E-state index in [-0.39, 0.29) is 17.9 Å². The van der Waals surface area contributed by atoms with Crippen LogP contribution in [0.15, 0.2) is 54.6 Å². The summed E-state index contributed by atoms with van der Waals surface area (Å²) in [6, 6.07) is 17.0. The monoisotopic (exact) mass is 365 g/mol. The quantitative estimate of drug-likeness (QED) is 0.836. The third kappa shape index (κ3) is 4.19. The largest absolute Gasteiger partial charge is 0.337 e. The van der Waals surface area contributed by atoms with Gasteiger partial charge in [0, 0.05) is 31.7 Å². The third-order valence-corrected chi connectivity index (χ3v) is 5.13. The van der Waals surface area contributed by atoms with Crippen LogP contribution in [0.3, 0.4) is 0 Å². The van der Waals surface area contributed by atoms with E-state index in [1.165, 1.54) is 0 Å².